The minimum atomic E-state index is -4.17. The smallest absolute Gasteiger partial charge is 0.264 e. The summed E-state index contributed by atoms with van der Waals surface area (Å²) in [6, 6.07) is 17.6. The van der Waals surface area contributed by atoms with Crippen molar-refractivity contribution in [2.45, 2.75) is 76.4 Å². The highest BCUT2D eigenvalue weighted by atomic mass is 35.5. The number of carbonyl (C=O) groups is 2. The summed E-state index contributed by atoms with van der Waals surface area (Å²) < 4.78 is 29.0. The van der Waals surface area contributed by atoms with Gasteiger partial charge >= 0.3 is 0 Å². The second kappa shape index (κ2) is 13.9. The fourth-order valence-corrected chi connectivity index (χ4v) is 6.75. The lowest BCUT2D eigenvalue weighted by Gasteiger charge is -2.33. The molecular formula is C32H37Cl2N3O4S. The van der Waals surface area contributed by atoms with Gasteiger partial charge in [0.05, 0.1) is 10.6 Å². The standard InChI is InChI=1S/C32H37Cl2N3O4S/c1-22-9-17-29(18-10-22)42(40,41)37(28-16-11-23(2)30(34)19-28)21-31(38)36(20-25-12-14-26(33)15-13-25)24(3)32(39)35-27-7-5-4-6-8-27/h9-19,24,27H,4-8,20-21H2,1-3H3,(H,35,39). The van der Waals surface area contributed by atoms with E-state index in [0.29, 0.717) is 10.0 Å². The first kappa shape index (κ1) is 31.9. The number of nitrogens with zero attached hydrogens (tertiary/aromatic N) is 2. The Hall–Kier alpha value is -3.07. The maximum absolute atomic E-state index is 14.1. The Morgan fingerprint density at radius 2 is 1.57 bits per heavy atom. The fourth-order valence-electron chi connectivity index (χ4n) is 5.04. The Labute approximate surface area is 258 Å². The molecule has 3 aromatic rings. The highest BCUT2D eigenvalue weighted by molar-refractivity contribution is 7.92. The van der Waals surface area contributed by atoms with E-state index in [9.17, 15) is 18.0 Å². The molecule has 7 nitrogen and oxygen atoms in total. The number of nitrogens with one attached hydrogen (secondary N) is 1. The van der Waals surface area contributed by atoms with E-state index >= 15 is 0 Å². The van der Waals surface area contributed by atoms with Gasteiger partial charge in [0.2, 0.25) is 11.8 Å². The molecule has 1 aliphatic rings. The van der Waals surface area contributed by atoms with E-state index in [1.165, 1.54) is 17.0 Å². The molecule has 10 heteroatoms. The summed E-state index contributed by atoms with van der Waals surface area (Å²) in [6.45, 7) is 4.93. The van der Waals surface area contributed by atoms with Gasteiger partial charge in [0.15, 0.2) is 0 Å². The van der Waals surface area contributed by atoms with Crippen molar-refractivity contribution >= 4 is 50.7 Å². The molecule has 2 amide bonds. The predicted octanol–water partition coefficient (Wildman–Crippen LogP) is 6.67. The minimum Gasteiger partial charge on any atom is -0.352 e. The van der Waals surface area contributed by atoms with Crippen molar-refractivity contribution in [2.24, 2.45) is 0 Å². The van der Waals surface area contributed by atoms with Crippen molar-refractivity contribution < 1.29 is 18.0 Å². The Kier molecular flexibility index (Phi) is 10.6. The SMILES string of the molecule is Cc1ccc(S(=O)(=O)N(CC(=O)N(Cc2ccc(Cl)cc2)C(C)C(=O)NC2CCCCC2)c2ccc(C)c(Cl)c2)cc1. The van der Waals surface area contributed by atoms with Crippen LogP contribution in [0.2, 0.25) is 10.0 Å². The van der Waals surface area contributed by atoms with Crippen molar-refractivity contribution in [1.29, 1.82) is 0 Å². The second-order valence-electron chi connectivity index (χ2n) is 10.9. The Balaban J connectivity index is 1.69. The van der Waals surface area contributed by atoms with Gasteiger partial charge in [-0.3, -0.25) is 13.9 Å². The van der Waals surface area contributed by atoms with Gasteiger partial charge in [0.25, 0.3) is 10.0 Å². The Morgan fingerprint density at radius 1 is 0.929 bits per heavy atom. The lowest BCUT2D eigenvalue weighted by molar-refractivity contribution is -0.139. The first-order valence-electron chi connectivity index (χ1n) is 14.2. The monoisotopic (exact) mass is 629 g/mol. The molecule has 42 heavy (non-hydrogen) atoms. The third-order valence-corrected chi connectivity index (χ3v) is 10.2. The number of hydrogen-bond donors (Lipinski definition) is 1. The zero-order valence-electron chi connectivity index (χ0n) is 24.1. The van der Waals surface area contributed by atoms with Gasteiger partial charge in [-0.05, 0) is 81.1 Å². The number of hydrogen-bond acceptors (Lipinski definition) is 4. The highest BCUT2D eigenvalue weighted by Gasteiger charge is 2.33. The summed E-state index contributed by atoms with van der Waals surface area (Å²) in [5, 5.41) is 4.03. The van der Waals surface area contributed by atoms with Crippen LogP contribution in [-0.4, -0.2) is 43.8 Å². The summed E-state index contributed by atoms with van der Waals surface area (Å²) >= 11 is 12.5. The van der Waals surface area contributed by atoms with Crippen LogP contribution in [0.25, 0.3) is 0 Å². The predicted molar refractivity (Wildman–Crippen MR) is 168 cm³/mol. The molecule has 0 heterocycles. The van der Waals surface area contributed by atoms with Crippen LogP contribution >= 0.6 is 23.2 Å². The fraction of sp³-hybridized carbons (Fsp3) is 0.375. The molecule has 3 aromatic carbocycles. The van der Waals surface area contributed by atoms with Crippen LogP contribution in [0, 0.1) is 13.8 Å². The molecule has 0 saturated heterocycles. The van der Waals surface area contributed by atoms with Crippen molar-refractivity contribution in [3.63, 3.8) is 0 Å². The number of sulfonamides is 1. The molecule has 0 aliphatic heterocycles. The summed E-state index contributed by atoms with van der Waals surface area (Å²) in [4.78, 5) is 29.0. The molecule has 4 rings (SSSR count). The molecule has 1 saturated carbocycles. The number of rotatable bonds is 10. The molecule has 0 radical (unpaired) electrons. The van der Waals surface area contributed by atoms with Gasteiger partial charge in [-0.1, -0.05) is 78.4 Å². The first-order chi connectivity index (χ1) is 20.0. The van der Waals surface area contributed by atoms with E-state index in [0.717, 1.165) is 53.1 Å². The van der Waals surface area contributed by atoms with E-state index in [-0.39, 0.29) is 29.1 Å². The molecule has 1 unspecified atom stereocenters. The Morgan fingerprint density at radius 3 is 2.19 bits per heavy atom. The first-order valence-corrected chi connectivity index (χ1v) is 16.3. The lowest BCUT2D eigenvalue weighted by atomic mass is 9.95. The summed E-state index contributed by atoms with van der Waals surface area (Å²) in [6.07, 6.45) is 5.06. The zero-order chi connectivity index (χ0) is 30.4. The van der Waals surface area contributed by atoms with E-state index in [1.54, 1.807) is 61.5 Å². The van der Waals surface area contributed by atoms with Crippen LogP contribution in [-0.2, 0) is 26.2 Å². The van der Waals surface area contributed by atoms with Crippen molar-refractivity contribution in [1.82, 2.24) is 10.2 Å². The van der Waals surface area contributed by atoms with Gasteiger partial charge in [-0.2, -0.15) is 0 Å². The molecule has 1 atom stereocenters. The van der Waals surface area contributed by atoms with Crippen LogP contribution in [0.4, 0.5) is 5.69 Å². The molecule has 0 aromatic heterocycles. The molecule has 0 bridgehead atoms. The van der Waals surface area contributed by atoms with Crippen LogP contribution in [0.1, 0.15) is 55.7 Å². The quantitative estimate of drug-likeness (QED) is 0.271. The van der Waals surface area contributed by atoms with E-state index in [1.807, 2.05) is 13.8 Å². The van der Waals surface area contributed by atoms with E-state index in [4.69, 9.17) is 23.2 Å². The lowest BCUT2D eigenvalue weighted by Crippen LogP contribution is -2.53. The van der Waals surface area contributed by atoms with Gasteiger partial charge in [0, 0.05) is 22.6 Å². The summed E-state index contributed by atoms with van der Waals surface area (Å²) in [7, 11) is -4.17. The van der Waals surface area contributed by atoms with Gasteiger partial charge in [-0.15, -0.1) is 0 Å². The number of anilines is 1. The molecule has 224 valence electrons. The number of halogens is 2. The minimum absolute atomic E-state index is 0.0462. The third-order valence-electron chi connectivity index (χ3n) is 7.72. The number of aryl methyl sites for hydroxylation is 2. The maximum atomic E-state index is 14.1. The van der Waals surface area contributed by atoms with Crippen LogP contribution in [0.15, 0.2) is 71.6 Å². The van der Waals surface area contributed by atoms with Crippen LogP contribution in [0.5, 0.6) is 0 Å². The van der Waals surface area contributed by atoms with Crippen molar-refractivity contribution in [3.8, 4) is 0 Å². The van der Waals surface area contributed by atoms with Gasteiger partial charge in [-0.25, -0.2) is 8.42 Å². The largest absolute Gasteiger partial charge is 0.352 e. The van der Waals surface area contributed by atoms with Crippen molar-refractivity contribution in [3.05, 3.63) is 93.5 Å². The topological polar surface area (TPSA) is 86.8 Å². The average molecular weight is 631 g/mol. The average Bonchev–Trinajstić information content (AvgIpc) is 2.97. The Bertz CT molecular complexity index is 1510. The van der Waals surface area contributed by atoms with Gasteiger partial charge < -0.3 is 10.2 Å². The zero-order valence-corrected chi connectivity index (χ0v) is 26.5. The maximum Gasteiger partial charge on any atom is 0.264 e. The number of amides is 2. The second-order valence-corrected chi connectivity index (χ2v) is 13.6. The number of carbonyl (C=O) groups excluding carboxylic acids is 2. The summed E-state index contributed by atoms with van der Waals surface area (Å²) in [5.41, 5.74) is 2.69. The van der Waals surface area contributed by atoms with Crippen LogP contribution < -0.4 is 9.62 Å². The van der Waals surface area contributed by atoms with E-state index < -0.39 is 28.5 Å². The van der Waals surface area contributed by atoms with Gasteiger partial charge in [0.1, 0.15) is 12.6 Å². The molecule has 1 fully saturated rings. The summed E-state index contributed by atoms with van der Waals surface area (Å²) in [5.74, 6) is -0.792. The third kappa shape index (κ3) is 7.85. The molecular weight excluding hydrogens is 593 g/mol. The molecule has 1 aliphatic carbocycles. The van der Waals surface area contributed by atoms with E-state index in [2.05, 4.69) is 5.32 Å². The molecule has 0 spiro atoms. The highest BCUT2D eigenvalue weighted by Crippen LogP contribution is 2.29. The molecule has 1 N–H and O–H groups in total. The number of benzene rings is 3. The van der Waals surface area contributed by atoms with Crippen LogP contribution in [0.3, 0.4) is 0 Å². The van der Waals surface area contributed by atoms with Crippen molar-refractivity contribution in [2.75, 3.05) is 10.8 Å². The normalized spacial score (nSPS) is 14.7.